The summed E-state index contributed by atoms with van der Waals surface area (Å²) in [5.74, 6) is -0.695. The minimum Gasteiger partial charge on any atom is -0.465 e. The van der Waals surface area contributed by atoms with E-state index in [1.165, 1.54) is 18.6 Å². The predicted octanol–water partition coefficient (Wildman–Crippen LogP) is 0.182. The summed E-state index contributed by atoms with van der Waals surface area (Å²) in [6.45, 7) is 0. The highest BCUT2D eigenvalue weighted by molar-refractivity contribution is 7.89. The number of carbonyl (C=O) groups is 1. The maximum Gasteiger partial charge on any atom is 0.349 e. The third kappa shape index (κ3) is 2.06. The molecule has 0 saturated heterocycles. The normalized spacial score (nSPS) is 11.2. The topological polar surface area (TPSA) is 86.5 Å². The number of nitrogens with two attached hydrogens (primary N) is 1. The Bertz CT molecular complexity index is 420. The van der Waals surface area contributed by atoms with Gasteiger partial charge in [0.2, 0.25) is 10.0 Å². The van der Waals surface area contributed by atoms with Crippen molar-refractivity contribution in [2.75, 3.05) is 7.11 Å². The number of ether oxygens (including phenoxy) is 1. The first-order valence-corrected chi connectivity index (χ1v) is 5.58. The van der Waals surface area contributed by atoms with Crippen LogP contribution in [0.5, 0.6) is 0 Å². The molecular formula is C6H7NO4S2. The number of methoxy groups -OCH3 is 1. The van der Waals surface area contributed by atoms with Crippen LogP contribution in [-0.4, -0.2) is 21.5 Å². The number of primary sulfonamides is 1. The molecular weight excluding hydrogens is 214 g/mol. The summed E-state index contributed by atoms with van der Waals surface area (Å²) in [6, 6.07) is 1.27. The van der Waals surface area contributed by atoms with Crippen molar-refractivity contribution in [3.63, 3.8) is 0 Å². The zero-order valence-electron chi connectivity index (χ0n) is 6.68. The molecule has 0 amide bonds. The van der Waals surface area contributed by atoms with Crippen molar-refractivity contribution in [1.82, 2.24) is 0 Å². The second-order valence-electron chi connectivity index (χ2n) is 2.15. The number of rotatable bonds is 2. The molecule has 1 heterocycles. The van der Waals surface area contributed by atoms with Gasteiger partial charge in [0.25, 0.3) is 0 Å². The third-order valence-electron chi connectivity index (χ3n) is 1.31. The molecule has 0 atom stereocenters. The molecule has 0 aromatic carbocycles. The van der Waals surface area contributed by atoms with Crippen LogP contribution in [-0.2, 0) is 14.8 Å². The Morgan fingerprint density at radius 3 is 2.69 bits per heavy atom. The van der Waals surface area contributed by atoms with Crippen LogP contribution >= 0.6 is 11.3 Å². The van der Waals surface area contributed by atoms with Gasteiger partial charge in [0.15, 0.2) is 0 Å². The molecule has 0 aliphatic rings. The number of hydrogen-bond acceptors (Lipinski definition) is 5. The standard InChI is InChI=1S/C6H7NO4S2/c1-11-6(8)5-4(2-3-12-5)13(7,9)10/h2-3H,1H3,(H2,7,9,10). The van der Waals surface area contributed by atoms with Gasteiger partial charge in [-0.05, 0) is 11.4 Å². The van der Waals surface area contributed by atoms with Gasteiger partial charge in [0, 0.05) is 0 Å². The zero-order valence-corrected chi connectivity index (χ0v) is 8.31. The average molecular weight is 221 g/mol. The Balaban J connectivity index is 3.26. The summed E-state index contributed by atoms with van der Waals surface area (Å²) in [5.41, 5.74) is 0. The van der Waals surface area contributed by atoms with E-state index in [2.05, 4.69) is 4.74 Å². The third-order valence-corrected chi connectivity index (χ3v) is 3.28. The van der Waals surface area contributed by atoms with E-state index in [1.807, 2.05) is 0 Å². The molecule has 2 N–H and O–H groups in total. The van der Waals surface area contributed by atoms with E-state index in [1.54, 1.807) is 0 Å². The van der Waals surface area contributed by atoms with E-state index in [-0.39, 0.29) is 9.77 Å². The highest BCUT2D eigenvalue weighted by atomic mass is 32.2. The SMILES string of the molecule is COC(=O)c1sccc1S(N)(=O)=O. The monoisotopic (exact) mass is 221 g/mol. The lowest BCUT2D eigenvalue weighted by molar-refractivity contribution is 0.0602. The van der Waals surface area contributed by atoms with E-state index >= 15 is 0 Å². The molecule has 0 radical (unpaired) electrons. The van der Waals surface area contributed by atoms with E-state index in [0.717, 1.165) is 11.3 Å². The van der Waals surface area contributed by atoms with Crippen molar-refractivity contribution in [3.05, 3.63) is 16.3 Å². The highest BCUT2D eigenvalue weighted by Gasteiger charge is 2.20. The van der Waals surface area contributed by atoms with Crippen LogP contribution in [0.15, 0.2) is 16.3 Å². The Hall–Kier alpha value is -0.920. The molecule has 1 aromatic heterocycles. The van der Waals surface area contributed by atoms with E-state index in [9.17, 15) is 13.2 Å². The van der Waals surface area contributed by atoms with Crippen LogP contribution in [0.1, 0.15) is 9.67 Å². The van der Waals surface area contributed by atoms with Gasteiger partial charge < -0.3 is 4.74 Å². The smallest absolute Gasteiger partial charge is 0.349 e. The van der Waals surface area contributed by atoms with Crippen LogP contribution in [0.25, 0.3) is 0 Å². The quantitative estimate of drug-likeness (QED) is 0.722. The van der Waals surface area contributed by atoms with Crippen LogP contribution in [0.2, 0.25) is 0 Å². The van der Waals surface area contributed by atoms with Gasteiger partial charge in [-0.1, -0.05) is 0 Å². The molecule has 7 heteroatoms. The summed E-state index contributed by atoms with van der Waals surface area (Å²) in [5, 5.41) is 6.33. The summed E-state index contributed by atoms with van der Waals surface area (Å²) in [4.78, 5) is 10.8. The minimum absolute atomic E-state index is 0.00463. The van der Waals surface area contributed by atoms with Crippen LogP contribution in [0.3, 0.4) is 0 Å². The van der Waals surface area contributed by atoms with Crippen molar-refractivity contribution in [3.8, 4) is 0 Å². The Morgan fingerprint density at radius 2 is 2.23 bits per heavy atom. The molecule has 0 spiro atoms. The molecule has 0 bridgehead atoms. The summed E-state index contributed by atoms with van der Waals surface area (Å²) >= 11 is 0.975. The van der Waals surface area contributed by atoms with Crippen LogP contribution < -0.4 is 5.14 Å². The lowest BCUT2D eigenvalue weighted by Crippen LogP contribution is -2.15. The number of hydrogen-bond donors (Lipinski definition) is 1. The van der Waals surface area contributed by atoms with Gasteiger partial charge in [-0.2, -0.15) is 0 Å². The molecule has 5 nitrogen and oxygen atoms in total. The lowest BCUT2D eigenvalue weighted by atomic mass is 10.5. The Labute approximate surface area is 79.2 Å². The van der Waals surface area contributed by atoms with Gasteiger partial charge in [0.05, 0.1) is 7.11 Å². The molecule has 0 unspecified atom stereocenters. The van der Waals surface area contributed by atoms with Gasteiger partial charge >= 0.3 is 5.97 Å². The first-order chi connectivity index (χ1) is 5.96. The predicted molar refractivity (Wildman–Crippen MR) is 47.0 cm³/mol. The number of sulfonamides is 1. The summed E-state index contributed by atoms with van der Waals surface area (Å²) in [6.07, 6.45) is 0. The van der Waals surface area contributed by atoms with Gasteiger partial charge in [-0.3, -0.25) is 0 Å². The maximum atomic E-state index is 11.0. The lowest BCUT2D eigenvalue weighted by Gasteiger charge is -1.98. The van der Waals surface area contributed by atoms with Crippen molar-refractivity contribution in [1.29, 1.82) is 0 Å². The number of esters is 1. The number of thiophene rings is 1. The molecule has 72 valence electrons. The zero-order chi connectivity index (χ0) is 10.1. The van der Waals surface area contributed by atoms with E-state index in [4.69, 9.17) is 5.14 Å². The first kappa shape index (κ1) is 10.2. The molecule has 0 fully saturated rings. The second-order valence-corrected chi connectivity index (χ2v) is 4.60. The summed E-state index contributed by atoms with van der Waals surface area (Å²) < 4.78 is 26.2. The largest absolute Gasteiger partial charge is 0.465 e. The molecule has 0 saturated carbocycles. The van der Waals surface area contributed by atoms with E-state index in [0.29, 0.717) is 0 Å². The maximum absolute atomic E-state index is 11.0. The van der Waals surface area contributed by atoms with Crippen molar-refractivity contribution >= 4 is 27.3 Å². The molecule has 1 aromatic rings. The summed E-state index contributed by atoms with van der Waals surface area (Å²) in [7, 11) is -2.66. The average Bonchev–Trinajstić information content (AvgIpc) is 2.49. The molecule has 13 heavy (non-hydrogen) atoms. The van der Waals surface area contributed by atoms with Crippen LogP contribution in [0, 0.1) is 0 Å². The van der Waals surface area contributed by atoms with Crippen molar-refractivity contribution in [2.24, 2.45) is 5.14 Å². The van der Waals surface area contributed by atoms with Crippen molar-refractivity contribution < 1.29 is 17.9 Å². The first-order valence-electron chi connectivity index (χ1n) is 3.15. The Morgan fingerprint density at radius 1 is 1.62 bits per heavy atom. The highest BCUT2D eigenvalue weighted by Crippen LogP contribution is 2.21. The van der Waals surface area contributed by atoms with Gasteiger partial charge in [0.1, 0.15) is 9.77 Å². The second kappa shape index (κ2) is 3.44. The van der Waals surface area contributed by atoms with Gasteiger partial charge in [-0.25, -0.2) is 18.4 Å². The van der Waals surface area contributed by atoms with Gasteiger partial charge in [-0.15, -0.1) is 11.3 Å². The van der Waals surface area contributed by atoms with Crippen LogP contribution in [0.4, 0.5) is 0 Å². The fraction of sp³-hybridized carbons (Fsp3) is 0.167. The Kier molecular flexibility index (Phi) is 2.69. The fourth-order valence-electron chi connectivity index (χ4n) is 0.763. The molecule has 1 rings (SSSR count). The number of carbonyl (C=O) groups excluding carboxylic acids is 1. The fourth-order valence-corrected chi connectivity index (χ4v) is 2.65. The van der Waals surface area contributed by atoms with Crippen molar-refractivity contribution in [2.45, 2.75) is 4.90 Å². The molecule has 0 aliphatic heterocycles. The molecule has 0 aliphatic carbocycles. The minimum atomic E-state index is -3.84. The van der Waals surface area contributed by atoms with E-state index < -0.39 is 16.0 Å².